The standard InChI is InChI=1S/C13H15BrF3NO/c1-2-3-4-11(14)12(19)18-10-7-5-9(6-8-10)13(15,16)17/h5-8,11H,2-4H2,1H3,(H,18,19). The fraction of sp³-hybridized carbons (Fsp3) is 0.462. The molecule has 0 bridgehead atoms. The first kappa shape index (κ1) is 16.0. The van der Waals surface area contributed by atoms with Crippen LogP contribution in [-0.2, 0) is 11.0 Å². The zero-order valence-electron chi connectivity index (χ0n) is 10.4. The Morgan fingerprint density at radius 2 is 1.89 bits per heavy atom. The van der Waals surface area contributed by atoms with Crippen LogP contribution in [0.5, 0.6) is 0 Å². The summed E-state index contributed by atoms with van der Waals surface area (Å²) < 4.78 is 37.1. The van der Waals surface area contributed by atoms with Gasteiger partial charge < -0.3 is 5.32 Å². The van der Waals surface area contributed by atoms with Gasteiger partial charge >= 0.3 is 6.18 Å². The molecular weight excluding hydrogens is 323 g/mol. The van der Waals surface area contributed by atoms with Gasteiger partial charge in [0.25, 0.3) is 0 Å². The first-order valence-electron chi connectivity index (χ1n) is 5.96. The number of benzene rings is 1. The van der Waals surface area contributed by atoms with Crippen molar-refractivity contribution in [2.75, 3.05) is 5.32 Å². The van der Waals surface area contributed by atoms with Gasteiger partial charge in [0.05, 0.1) is 10.4 Å². The first-order valence-corrected chi connectivity index (χ1v) is 6.88. The molecule has 0 radical (unpaired) electrons. The van der Waals surface area contributed by atoms with E-state index in [1.54, 1.807) is 0 Å². The van der Waals surface area contributed by atoms with Crippen molar-refractivity contribution < 1.29 is 18.0 Å². The molecule has 1 unspecified atom stereocenters. The van der Waals surface area contributed by atoms with E-state index in [4.69, 9.17) is 0 Å². The lowest BCUT2D eigenvalue weighted by Crippen LogP contribution is -2.22. The molecule has 1 rings (SSSR count). The van der Waals surface area contributed by atoms with E-state index in [2.05, 4.69) is 21.2 Å². The highest BCUT2D eigenvalue weighted by Gasteiger charge is 2.30. The average molecular weight is 338 g/mol. The van der Waals surface area contributed by atoms with Crippen LogP contribution < -0.4 is 5.32 Å². The second-order valence-corrected chi connectivity index (χ2v) is 5.28. The zero-order chi connectivity index (χ0) is 14.5. The number of amides is 1. The summed E-state index contributed by atoms with van der Waals surface area (Å²) in [4.78, 5) is 11.4. The van der Waals surface area contributed by atoms with E-state index in [9.17, 15) is 18.0 Å². The number of rotatable bonds is 5. The molecule has 0 aliphatic heterocycles. The van der Waals surface area contributed by atoms with E-state index >= 15 is 0 Å². The Bertz CT molecular complexity index is 417. The molecule has 0 aliphatic carbocycles. The molecule has 6 heteroatoms. The molecule has 0 aromatic heterocycles. The van der Waals surface area contributed by atoms with Gasteiger partial charge in [-0.2, -0.15) is 13.2 Å². The number of anilines is 1. The van der Waals surface area contributed by atoms with Crippen LogP contribution in [0.15, 0.2) is 24.3 Å². The molecule has 0 aliphatic rings. The van der Waals surface area contributed by atoms with Crippen LogP contribution in [0.25, 0.3) is 0 Å². The first-order chi connectivity index (χ1) is 8.84. The summed E-state index contributed by atoms with van der Waals surface area (Å²) in [7, 11) is 0. The Labute approximate surface area is 118 Å². The van der Waals surface area contributed by atoms with Gasteiger partial charge in [0.15, 0.2) is 0 Å². The summed E-state index contributed by atoms with van der Waals surface area (Å²) in [6.45, 7) is 2.02. The van der Waals surface area contributed by atoms with Crippen molar-refractivity contribution in [3.8, 4) is 0 Å². The van der Waals surface area contributed by atoms with Crippen LogP contribution in [0.4, 0.5) is 18.9 Å². The zero-order valence-corrected chi connectivity index (χ0v) is 12.0. The molecule has 1 aromatic rings. The quantitative estimate of drug-likeness (QED) is 0.782. The van der Waals surface area contributed by atoms with Gasteiger partial charge in [0.1, 0.15) is 0 Å². The topological polar surface area (TPSA) is 29.1 Å². The summed E-state index contributed by atoms with van der Waals surface area (Å²) in [5.74, 6) is -0.242. The lowest BCUT2D eigenvalue weighted by atomic mass is 10.1. The number of hydrogen-bond acceptors (Lipinski definition) is 1. The number of unbranched alkanes of at least 4 members (excludes halogenated alkanes) is 1. The number of alkyl halides is 4. The van der Waals surface area contributed by atoms with Crippen molar-refractivity contribution in [2.24, 2.45) is 0 Å². The highest BCUT2D eigenvalue weighted by molar-refractivity contribution is 9.10. The molecule has 2 nitrogen and oxygen atoms in total. The number of hydrogen-bond donors (Lipinski definition) is 1. The Kier molecular flexibility index (Phi) is 5.85. The average Bonchev–Trinajstić information content (AvgIpc) is 2.35. The maximum absolute atomic E-state index is 12.4. The van der Waals surface area contributed by atoms with Gasteiger partial charge in [-0.1, -0.05) is 35.7 Å². The van der Waals surface area contributed by atoms with Gasteiger partial charge in [0, 0.05) is 5.69 Å². The van der Waals surface area contributed by atoms with Crippen molar-refractivity contribution in [1.82, 2.24) is 0 Å². The third-order valence-electron chi connectivity index (χ3n) is 2.58. The van der Waals surface area contributed by atoms with Gasteiger partial charge in [-0.15, -0.1) is 0 Å². The van der Waals surface area contributed by atoms with E-state index in [-0.39, 0.29) is 10.7 Å². The maximum atomic E-state index is 12.4. The van der Waals surface area contributed by atoms with Crippen molar-refractivity contribution in [1.29, 1.82) is 0 Å². The minimum atomic E-state index is -4.36. The van der Waals surface area contributed by atoms with Gasteiger partial charge in [0.2, 0.25) is 5.91 Å². The predicted molar refractivity (Wildman–Crippen MR) is 72.3 cm³/mol. The van der Waals surface area contributed by atoms with Crippen LogP contribution in [-0.4, -0.2) is 10.7 Å². The minimum absolute atomic E-state index is 0.242. The summed E-state index contributed by atoms with van der Waals surface area (Å²) >= 11 is 3.26. The highest BCUT2D eigenvalue weighted by Crippen LogP contribution is 2.29. The molecule has 19 heavy (non-hydrogen) atoms. The number of carbonyl (C=O) groups excluding carboxylic acids is 1. The van der Waals surface area contributed by atoms with Crippen molar-refractivity contribution in [2.45, 2.75) is 37.2 Å². The van der Waals surface area contributed by atoms with Gasteiger partial charge in [-0.05, 0) is 30.7 Å². The van der Waals surface area contributed by atoms with Crippen LogP contribution >= 0.6 is 15.9 Å². The fourth-order valence-corrected chi connectivity index (χ4v) is 1.92. The fourth-order valence-electron chi connectivity index (χ4n) is 1.48. The molecule has 0 heterocycles. The second-order valence-electron chi connectivity index (χ2n) is 4.17. The van der Waals surface area contributed by atoms with Gasteiger partial charge in [-0.3, -0.25) is 4.79 Å². The monoisotopic (exact) mass is 337 g/mol. The van der Waals surface area contributed by atoms with E-state index in [0.717, 1.165) is 25.0 Å². The Morgan fingerprint density at radius 3 is 2.37 bits per heavy atom. The molecule has 106 valence electrons. The van der Waals surface area contributed by atoms with E-state index in [1.165, 1.54) is 12.1 Å². The molecule has 0 fully saturated rings. The largest absolute Gasteiger partial charge is 0.416 e. The van der Waals surface area contributed by atoms with Crippen molar-refractivity contribution in [3.05, 3.63) is 29.8 Å². The highest BCUT2D eigenvalue weighted by atomic mass is 79.9. The lowest BCUT2D eigenvalue weighted by Gasteiger charge is -2.11. The smallest absolute Gasteiger partial charge is 0.325 e. The summed E-state index contributed by atoms with van der Waals surface area (Å²) in [5.41, 5.74) is -0.370. The molecule has 1 N–H and O–H groups in total. The SMILES string of the molecule is CCCCC(Br)C(=O)Nc1ccc(C(F)(F)F)cc1. The van der Waals surface area contributed by atoms with Crippen LogP contribution in [0.2, 0.25) is 0 Å². The normalized spacial score (nSPS) is 13.1. The Morgan fingerprint density at radius 1 is 1.32 bits per heavy atom. The molecule has 1 atom stereocenters. The third kappa shape index (κ3) is 5.22. The number of carbonyl (C=O) groups is 1. The molecule has 1 aromatic carbocycles. The molecule has 0 spiro atoms. The molecular formula is C13H15BrF3NO. The molecule has 0 saturated carbocycles. The van der Waals surface area contributed by atoms with E-state index < -0.39 is 11.7 Å². The Hall–Kier alpha value is -1.04. The minimum Gasteiger partial charge on any atom is -0.325 e. The third-order valence-corrected chi connectivity index (χ3v) is 3.45. The molecule has 0 saturated heterocycles. The van der Waals surface area contributed by atoms with Gasteiger partial charge in [-0.25, -0.2) is 0 Å². The Balaban J connectivity index is 2.60. The van der Waals surface area contributed by atoms with Crippen LogP contribution in [0.3, 0.4) is 0 Å². The second kappa shape index (κ2) is 6.93. The summed E-state index contributed by atoms with van der Waals surface area (Å²) in [5, 5.41) is 2.58. The number of halogens is 4. The molecule has 1 amide bonds. The van der Waals surface area contributed by atoms with E-state index in [0.29, 0.717) is 12.1 Å². The van der Waals surface area contributed by atoms with Crippen molar-refractivity contribution >= 4 is 27.5 Å². The lowest BCUT2D eigenvalue weighted by molar-refractivity contribution is -0.137. The summed E-state index contributed by atoms with van der Waals surface area (Å²) in [6, 6.07) is 4.40. The number of nitrogens with one attached hydrogen (secondary N) is 1. The van der Waals surface area contributed by atoms with Crippen LogP contribution in [0.1, 0.15) is 31.7 Å². The van der Waals surface area contributed by atoms with Crippen LogP contribution in [0, 0.1) is 0 Å². The predicted octanol–water partition coefficient (Wildman–Crippen LogP) is 4.60. The van der Waals surface area contributed by atoms with E-state index in [1.807, 2.05) is 6.92 Å². The summed E-state index contributed by atoms with van der Waals surface area (Å²) in [6.07, 6.45) is -1.77. The maximum Gasteiger partial charge on any atom is 0.416 e. The van der Waals surface area contributed by atoms with Crippen molar-refractivity contribution in [3.63, 3.8) is 0 Å².